The number of carbonyl (C=O) groups excluding carboxylic acids is 3. The zero-order chi connectivity index (χ0) is 23.1. The summed E-state index contributed by atoms with van der Waals surface area (Å²) < 4.78 is 10.8. The van der Waals surface area contributed by atoms with Gasteiger partial charge >= 0.3 is 0 Å². The summed E-state index contributed by atoms with van der Waals surface area (Å²) in [4.78, 5) is 50.2. The predicted molar refractivity (Wildman–Crippen MR) is 116 cm³/mol. The van der Waals surface area contributed by atoms with Gasteiger partial charge in [-0.1, -0.05) is 18.2 Å². The number of imide groups is 1. The van der Waals surface area contributed by atoms with Gasteiger partial charge in [-0.25, -0.2) is 4.90 Å². The van der Waals surface area contributed by atoms with E-state index in [1.54, 1.807) is 42.5 Å². The number of anilines is 2. The van der Waals surface area contributed by atoms with Crippen molar-refractivity contribution in [1.29, 1.82) is 0 Å². The third-order valence-electron chi connectivity index (χ3n) is 5.26. The maximum atomic E-state index is 12.9. The SMILES string of the molecule is O=C(Nc1cccc(N2C(=O)c3ccccc3C2=O)c1)c1cc2c(cc1[N+](=O)[O-])OCCO2. The van der Waals surface area contributed by atoms with Gasteiger partial charge in [0.05, 0.1) is 27.8 Å². The van der Waals surface area contributed by atoms with Gasteiger partial charge in [0.15, 0.2) is 11.5 Å². The predicted octanol–water partition coefficient (Wildman–Crippen LogP) is 3.42. The number of carbonyl (C=O) groups is 3. The number of nitrogens with one attached hydrogen (secondary N) is 1. The lowest BCUT2D eigenvalue weighted by molar-refractivity contribution is -0.385. The Hall–Kier alpha value is -4.73. The van der Waals surface area contributed by atoms with Crippen LogP contribution in [0.3, 0.4) is 0 Å². The van der Waals surface area contributed by atoms with Crippen molar-refractivity contribution in [3.63, 3.8) is 0 Å². The Morgan fingerprint density at radius 2 is 1.55 bits per heavy atom. The summed E-state index contributed by atoms with van der Waals surface area (Å²) in [5.74, 6) is -1.27. The van der Waals surface area contributed by atoms with Crippen LogP contribution in [0, 0.1) is 10.1 Å². The van der Waals surface area contributed by atoms with Gasteiger partial charge in [0.1, 0.15) is 18.8 Å². The van der Waals surface area contributed by atoms with Crippen molar-refractivity contribution in [1.82, 2.24) is 0 Å². The first kappa shape index (κ1) is 20.2. The number of amides is 3. The monoisotopic (exact) mass is 445 g/mol. The van der Waals surface area contributed by atoms with Gasteiger partial charge in [-0.05, 0) is 30.3 Å². The van der Waals surface area contributed by atoms with Crippen LogP contribution < -0.4 is 19.7 Å². The number of ether oxygens (including phenoxy) is 2. The third kappa shape index (κ3) is 3.43. The molecule has 0 bridgehead atoms. The maximum Gasteiger partial charge on any atom is 0.286 e. The highest BCUT2D eigenvalue weighted by molar-refractivity contribution is 6.34. The molecule has 0 aromatic heterocycles. The number of hydrogen-bond donors (Lipinski definition) is 1. The number of fused-ring (bicyclic) bond motifs is 2. The Morgan fingerprint density at radius 3 is 2.18 bits per heavy atom. The van der Waals surface area contributed by atoms with Crippen molar-refractivity contribution in [3.8, 4) is 11.5 Å². The van der Waals surface area contributed by atoms with E-state index in [1.165, 1.54) is 12.1 Å². The second kappa shape index (κ2) is 7.75. The van der Waals surface area contributed by atoms with E-state index in [0.29, 0.717) is 11.1 Å². The van der Waals surface area contributed by atoms with Crippen molar-refractivity contribution in [2.75, 3.05) is 23.4 Å². The quantitative estimate of drug-likeness (QED) is 0.370. The standard InChI is InChI=1S/C23H15N3O7/c27-21(17-11-19-20(33-9-8-32-19)12-18(17)26(30)31)24-13-4-3-5-14(10-13)25-22(28)15-6-1-2-7-16(15)23(25)29/h1-7,10-12H,8-9H2,(H,24,27). The lowest BCUT2D eigenvalue weighted by Gasteiger charge is -2.19. The molecule has 0 fully saturated rings. The summed E-state index contributed by atoms with van der Waals surface area (Å²) >= 11 is 0. The van der Waals surface area contributed by atoms with Crippen molar-refractivity contribution < 1.29 is 28.8 Å². The Kier molecular flexibility index (Phi) is 4.74. The van der Waals surface area contributed by atoms with Crippen molar-refractivity contribution in [2.24, 2.45) is 0 Å². The zero-order valence-corrected chi connectivity index (χ0v) is 16.9. The molecule has 0 saturated heterocycles. The molecule has 3 aromatic rings. The fraction of sp³-hybridized carbons (Fsp3) is 0.0870. The molecule has 33 heavy (non-hydrogen) atoms. The summed E-state index contributed by atoms with van der Waals surface area (Å²) in [6.07, 6.45) is 0. The Balaban J connectivity index is 1.45. The van der Waals surface area contributed by atoms with E-state index < -0.39 is 28.3 Å². The number of benzene rings is 3. The third-order valence-corrected chi connectivity index (χ3v) is 5.26. The van der Waals surface area contributed by atoms with E-state index in [1.807, 2.05) is 0 Å². The van der Waals surface area contributed by atoms with Crippen molar-refractivity contribution in [2.45, 2.75) is 0 Å². The van der Waals surface area contributed by atoms with Crippen LogP contribution in [0.4, 0.5) is 17.1 Å². The molecule has 0 atom stereocenters. The smallest absolute Gasteiger partial charge is 0.286 e. The summed E-state index contributed by atoms with van der Waals surface area (Å²) in [6.45, 7) is 0.508. The fourth-order valence-corrected chi connectivity index (χ4v) is 3.76. The second-order valence-electron chi connectivity index (χ2n) is 7.27. The minimum absolute atomic E-state index is 0.192. The lowest BCUT2D eigenvalue weighted by atomic mass is 10.1. The number of nitrogens with zero attached hydrogens (tertiary/aromatic N) is 2. The molecule has 0 radical (unpaired) electrons. The first-order valence-corrected chi connectivity index (χ1v) is 9.91. The van der Waals surface area contributed by atoms with E-state index in [4.69, 9.17) is 9.47 Å². The lowest BCUT2D eigenvalue weighted by Crippen LogP contribution is -2.29. The molecule has 3 aromatic carbocycles. The number of nitro groups is 1. The molecule has 5 rings (SSSR count). The number of hydrogen-bond acceptors (Lipinski definition) is 7. The number of nitro benzene ring substituents is 1. The highest BCUT2D eigenvalue weighted by Crippen LogP contribution is 2.37. The first-order chi connectivity index (χ1) is 15.9. The Labute approximate surface area is 186 Å². The first-order valence-electron chi connectivity index (χ1n) is 9.91. The largest absolute Gasteiger partial charge is 0.486 e. The van der Waals surface area contributed by atoms with Gasteiger partial charge in [0.2, 0.25) is 0 Å². The minimum atomic E-state index is -0.752. The van der Waals surface area contributed by atoms with Gasteiger partial charge in [-0.2, -0.15) is 0 Å². The molecule has 10 heteroatoms. The van der Waals surface area contributed by atoms with Crippen molar-refractivity contribution >= 4 is 34.8 Å². The average molecular weight is 445 g/mol. The molecule has 164 valence electrons. The van der Waals surface area contributed by atoms with Gasteiger partial charge < -0.3 is 14.8 Å². The molecule has 0 aliphatic carbocycles. The van der Waals surface area contributed by atoms with E-state index in [9.17, 15) is 24.5 Å². The summed E-state index contributed by atoms with van der Waals surface area (Å²) in [6, 6.07) is 15.0. The second-order valence-corrected chi connectivity index (χ2v) is 7.27. The minimum Gasteiger partial charge on any atom is -0.486 e. The molecule has 10 nitrogen and oxygen atoms in total. The molecular weight excluding hydrogens is 430 g/mol. The highest BCUT2D eigenvalue weighted by atomic mass is 16.6. The molecule has 1 N–H and O–H groups in total. The van der Waals surface area contributed by atoms with Crippen LogP contribution in [0.25, 0.3) is 0 Å². The number of rotatable bonds is 4. The van der Waals surface area contributed by atoms with E-state index in [2.05, 4.69) is 5.32 Å². The summed E-state index contributed by atoms with van der Waals surface area (Å²) in [5.41, 5.74) is 0.449. The topological polar surface area (TPSA) is 128 Å². The highest BCUT2D eigenvalue weighted by Gasteiger charge is 2.36. The molecule has 2 heterocycles. The van der Waals surface area contributed by atoms with Crippen LogP contribution in [-0.4, -0.2) is 35.9 Å². The van der Waals surface area contributed by atoms with Crippen LogP contribution in [0.1, 0.15) is 31.1 Å². The maximum absolute atomic E-state index is 12.9. The molecule has 2 aliphatic heterocycles. The Morgan fingerprint density at radius 1 is 0.909 bits per heavy atom. The molecule has 0 unspecified atom stereocenters. The van der Waals surface area contributed by atoms with E-state index >= 15 is 0 Å². The van der Waals surface area contributed by atoms with Crippen LogP contribution >= 0.6 is 0 Å². The zero-order valence-electron chi connectivity index (χ0n) is 16.9. The molecule has 0 spiro atoms. The van der Waals surface area contributed by atoms with Crippen LogP contribution in [0.15, 0.2) is 60.7 Å². The average Bonchev–Trinajstić information content (AvgIpc) is 3.08. The van der Waals surface area contributed by atoms with Gasteiger partial charge in [0, 0.05) is 11.8 Å². The van der Waals surface area contributed by atoms with Gasteiger partial charge in [-0.3, -0.25) is 24.5 Å². The summed E-state index contributed by atoms with van der Waals surface area (Å²) in [5, 5.41) is 14.1. The van der Waals surface area contributed by atoms with Crippen LogP contribution in [0.5, 0.6) is 11.5 Å². The van der Waals surface area contributed by atoms with Crippen molar-refractivity contribution in [3.05, 3.63) is 87.5 Å². The fourth-order valence-electron chi connectivity index (χ4n) is 3.76. The van der Waals surface area contributed by atoms with Gasteiger partial charge in [-0.15, -0.1) is 0 Å². The molecule has 2 aliphatic rings. The van der Waals surface area contributed by atoms with Crippen LogP contribution in [0.2, 0.25) is 0 Å². The summed E-state index contributed by atoms with van der Waals surface area (Å²) in [7, 11) is 0. The Bertz CT molecular complexity index is 1320. The van der Waals surface area contributed by atoms with Gasteiger partial charge in [0.25, 0.3) is 23.4 Å². The molecule has 0 saturated carbocycles. The van der Waals surface area contributed by atoms with E-state index in [0.717, 1.165) is 11.0 Å². The van der Waals surface area contributed by atoms with Crippen LogP contribution in [-0.2, 0) is 0 Å². The molecule has 3 amide bonds. The normalized spacial score (nSPS) is 14.1. The molecular formula is C23H15N3O7. The van der Waals surface area contributed by atoms with E-state index in [-0.39, 0.29) is 41.7 Å².